The summed E-state index contributed by atoms with van der Waals surface area (Å²) in [5.41, 5.74) is 7.42. The largest absolute Gasteiger partial charge is 0.393 e. The highest BCUT2D eigenvalue weighted by atomic mass is 16.1. The van der Waals surface area contributed by atoms with Crippen molar-refractivity contribution in [1.29, 1.82) is 0 Å². The maximum absolute atomic E-state index is 12.2. The Hall–Kier alpha value is -1.19. The van der Waals surface area contributed by atoms with Gasteiger partial charge in [0.05, 0.1) is 11.7 Å². The summed E-state index contributed by atoms with van der Waals surface area (Å²) in [6.07, 6.45) is 5.54. The maximum Gasteiger partial charge on any atom is 0.290 e. The number of hydrogen-bond acceptors (Lipinski definition) is 2. The molecule has 2 rings (SSSR count). The van der Waals surface area contributed by atoms with Crippen molar-refractivity contribution in [3.8, 4) is 0 Å². The van der Waals surface area contributed by atoms with Gasteiger partial charge >= 0.3 is 0 Å². The number of nitrogen functional groups attached to an aromatic ring is 1. The van der Waals surface area contributed by atoms with Crippen LogP contribution in [0.2, 0.25) is 0 Å². The van der Waals surface area contributed by atoms with E-state index >= 15 is 0 Å². The molecule has 0 atom stereocenters. The molecule has 4 heteroatoms. The van der Waals surface area contributed by atoms with Crippen LogP contribution in [0.25, 0.3) is 0 Å². The SMILES string of the molecule is CC(C)Cc1c(N)c(=O)n(C2CCCC2)n1C. The van der Waals surface area contributed by atoms with Crippen LogP contribution in [0.1, 0.15) is 51.3 Å². The van der Waals surface area contributed by atoms with Crippen molar-refractivity contribution in [3.05, 3.63) is 16.0 Å². The second-order valence-electron chi connectivity index (χ2n) is 5.57. The van der Waals surface area contributed by atoms with Gasteiger partial charge in [0.2, 0.25) is 0 Å². The van der Waals surface area contributed by atoms with Gasteiger partial charge in [0, 0.05) is 7.05 Å². The van der Waals surface area contributed by atoms with Crippen LogP contribution in [0.15, 0.2) is 4.79 Å². The Balaban J connectivity index is 2.42. The number of nitrogens with zero attached hydrogens (tertiary/aromatic N) is 2. The molecule has 0 bridgehead atoms. The quantitative estimate of drug-likeness (QED) is 0.875. The highest BCUT2D eigenvalue weighted by molar-refractivity contribution is 5.42. The third-order valence-corrected chi connectivity index (χ3v) is 3.74. The average molecular weight is 237 g/mol. The van der Waals surface area contributed by atoms with Crippen molar-refractivity contribution in [2.45, 2.75) is 52.0 Å². The molecule has 0 aliphatic heterocycles. The Bertz CT molecular complexity index is 450. The lowest BCUT2D eigenvalue weighted by Gasteiger charge is -2.16. The van der Waals surface area contributed by atoms with Crippen molar-refractivity contribution >= 4 is 5.69 Å². The van der Waals surface area contributed by atoms with E-state index < -0.39 is 0 Å². The fourth-order valence-corrected chi connectivity index (χ4v) is 2.88. The van der Waals surface area contributed by atoms with Gasteiger partial charge in [-0.2, -0.15) is 0 Å². The number of rotatable bonds is 3. The Morgan fingerprint density at radius 2 is 1.94 bits per heavy atom. The van der Waals surface area contributed by atoms with Gasteiger partial charge in [-0.15, -0.1) is 0 Å². The second-order valence-corrected chi connectivity index (χ2v) is 5.57. The van der Waals surface area contributed by atoms with Crippen LogP contribution in [0.3, 0.4) is 0 Å². The van der Waals surface area contributed by atoms with Crippen LogP contribution in [-0.2, 0) is 13.5 Å². The molecule has 1 aliphatic carbocycles. The summed E-state index contributed by atoms with van der Waals surface area (Å²) < 4.78 is 3.87. The first-order chi connectivity index (χ1) is 8.02. The van der Waals surface area contributed by atoms with Crippen LogP contribution >= 0.6 is 0 Å². The first kappa shape index (κ1) is 12.3. The highest BCUT2D eigenvalue weighted by Gasteiger charge is 2.24. The average Bonchev–Trinajstić information content (AvgIpc) is 2.83. The van der Waals surface area contributed by atoms with Gasteiger partial charge in [-0.25, -0.2) is 4.68 Å². The Morgan fingerprint density at radius 3 is 2.47 bits per heavy atom. The molecule has 1 fully saturated rings. The molecule has 0 unspecified atom stereocenters. The van der Waals surface area contributed by atoms with Crippen molar-refractivity contribution in [2.75, 3.05) is 5.73 Å². The smallest absolute Gasteiger partial charge is 0.290 e. The van der Waals surface area contributed by atoms with Crippen molar-refractivity contribution in [2.24, 2.45) is 13.0 Å². The zero-order valence-corrected chi connectivity index (χ0v) is 11.1. The van der Waals surface area contributed by atoms with Crippen LogP contribution in [-0.4, -0.2) is 9.36 Å². The molecular weight excluding hydrogens is 214 g/mol. The number of anilines is 1. The summed E-state index contributed by atoms with van der Waals surface area (Å²) in [4.78, 5) is 12.2. The third-order valence-electron chi connectivity index (χ3n) is 3.74. The number of nitrogens with two attached hydrogens (primary N) is 1. The molecule has 17 heavy (non-hydrogen) atoms. The van der Waals surface area contributed by atoms with Crippen molar-refractivity contribution in [1.82, 2.24) is 9.36 Å². The summed E-state index contributed by atoms with van der Waals surface area (Å²) in [6.45, 7) is 4.30. The molecule has 1 aromatic rings. The molecular formula is C13H23N3O. The summed E-state index contributed by atoms with van der Waals surface area (Å²) >= 11 is 0. The van der Waals surface area contributed by atoms with E-state index in [4.69, 9.17) is 5.73 Å². The molecule has 96 valence electrons. The summed E-state index contributed by atoms with van der Waals surface area (Å²) in [5.74, 6) is 0.516. The monoisotopic (exact) mass is 237 g/mol. The van der Waals surface area contributed by atoms with E-state index in [1.807, 2.05) is 16.4 Å². The first-order valence-corrected chi connectivity index (χ1v) is 6.58. The van der Waals surface area contributed by atoms with Gasteiger partial charge in [-0.05, 0) is 25.2 Å². The third kappa shape index (κ3) is 2.13. The molecule has 0 amide bonds. The van der Waals surface area contributed by atoms with Gasteiger partial charge in [0.15, 0.2) is 0 Å². The normalized spacial score (nSPS) is 17.2. The van der Waals surface area contributed by atoms with Crippen LogP contribution in [0.4, 0.5) is 5.69 Å². The van der Waals surface area contributed by atoms with E-state index in [2.05, 4.69) is 13.8 Å². The van der Waals surface area contributed by atoms with Gasteiger partial charge in [-0.3, -0.25) is 9.48 Å². The lowest BCUT2D eigenvalue weighted by atomic mass is 10.1. The molecule has 0 aromatic carbocycles. The topological polar surface area (TPSA) is 53.0 Å². The second kappa shape index (κ2) is 4.59. The molecule has 1 aromatic heterocycles. The summed E-state index contributed by atoms with van der Waals surface area (Å²) in [6, 6.07) is 0.357. The van der Waals surface area contributed by atoms with E-state index in [9.17, 15) is 4.79 Å². The Morgan fingerprint density at radius 1 is 1.35 bits per heavy atom. The van der Waals surface area contributed by atoms with Gasteiger partial charge < -0.3 is 5.73 Å². The predicted octanol–water partition coefficient (Wildman–Crippen LogP) is 2.08. The molecule has 1 heterocycles. The Kier molecular flexibility index (Phi) is 3.31. The number of aromatic nitrogens is 2. The molecule has 0 radical (unpaired) electrons. The van der Waals surface area contributed by atoms with Gasteiger partial charge in [-0.1, -0.05) is 26.7 Å². The summed E-state index contributed by atoms with van der Waals surface area (Å²) in [5, 5.41) is 0. The van der Waals surface area contributed by atoms with E-state index in [1.54, 1.807) is 0 Å². The minimum atomic E-state index is 0.00931. The van der Waals surface area contributed by atoms with Crippen LogP contribution in [0, 0.1) is 5.92 Å². The zero-order chi connectivity index (χ0) is 12.6. The fraction of sp³-hybridized carbons (Fsp3) is 0.769. The Labute approximate surface area is 102 Å². The minimum absolute atomic E-state index is 0.00931. The van der Waals surface area contributed by atoms with Crippen molar-refractivity contribution < 1.29 is 0 Å². The molecule has 1 saturated carbocycles. The lowest BCUT2D eigenvalue weighted by molar-refractivity contribution is 0.383. The molecule has 2 N–H and O–H groups in total. The van der Waals surface area contributed by atoms with E-state index in [-0.39, 0.29) is 5.56 Å². The summed E-state index contributed by atoms with van der Waals surface area (Å²) in [7, 11) is 1.97. The van der Waals surface area contributed by atoms with E-state index in [0.29, 0.717) is 17.6 Å². The van der Waals surface area contributed by atoms with E-state index in [1.165, 1.54) is 12.8 Å². The van der Waals surface area contributed by atoms with Gasteiger partial charge in [0.25, 0.3) is 5.56 Å². The zero-order valence-electron chi connectivity index (χ0n) is 11.1. The van der Waals surface area contributed by atoms with Crippen LogP contribution < -0.4 is 11.3 Å². The van der Waals surface area contributed by atoms with Crippen LogP contribution in [0.5, 0.6) is 0 Å². The van der Waals surface area contributed by atoms with E-state index in [0.717, 1.165) is 25.0 Å². The standard InChI is InChI=1S/C13H23N3O/c1-9(2)8-11-12(14)13(17)16(15(11)3)10-6-4-5-7-10/h9-10H,4-8,14H2,1-3H3. The minimum Gasteiger partial charge on any atom is -0.393 e. The lowest BCUT2D eigenvalue weighted by Crippen LogP contribution is -2.26. The molecule has 4 nitrogen and oxygen atoms in total. The first-order valence-electron chi connectivity index (χ1n) is 6.58. The maximum atomic E-state index is 12.2. The predicted molar refractivity (Wildman–Crippen MR) is 70.1 cm³/mol. The molecule has 0 saturated heterocycles. The van der Waals surface area contributed by atoms with Crippen molar-refractivity contribution in [3.63, 3.8) is 0 Å². The van der Waals surface area contributed by atoms with Gasteiger partial charge in [0.1, 0.15) is 5.69 Å². The molecule has 0 spiro atoms. The highest BCUT2D eigenvalue weighted by Crippen LogP contribution is 2.29. The number of hydrogen-bond donors (Lipinski definition) is 1. The fourth-order valence-electron chi connectivity index (χ4n) is 2.88. The molecule has 1 aliphatic rings.